The highest BCUT2D eigenvalue weighted by Gasteiger charge is 2.47. The van der Waals surface area contributed by atoms with Gasteiger partial charge in [-0.1, -0.05) is 26.0 Å². The quantitative estimate of drug-likeness (QED) is 0.333. The molecule has 8 nitrogen and oxygen atoms in total. The van der Waals surface area contributed by atoms with Gasteiger partial charge in [0.25, 0.3) is 0 Å². The first-order valence-electron chi connectivity index (χ1n) is 11.6. The van der Waals surface area contributed by atoms with Crippen molar-refractivity contribution in [2.45, 2.75) is 39.5 Å². The molecule has 1 aliphatic carbocycles. The zero-order valence-corrected chi connectivity index (χ0v) is 20.4. The molecule has 0 aromatic heterocycles. The average Bonchev–Trinajstić information content (AvgIpc) is 2.82. The maximum Gasteiger partial charge on any atom is 0.336 e. The summed E-state index contributed by atoms with van der Waals surface area (Å²) >= 11 is 0. The van der Waals surface area contributed by atoms with Gasteiger partial charge >= 0.3 is 11.9 Å². The fourth-order valence-electron chi connectivity index (χ4n) is 4.62. The van der Waals surface area contributed by atoms with Crippen LogP contribution in [-0.4, -0.2) is 51.8 Å². The third kappa shape index (κ3) is 5.17. The summed E-state index contributed by atoms with van der Waals surface area (Å²) in [5.74, 6) is -2.74. The van der Waals surface area contributed by atoms with E-state index < -0.39 is 23.8 Å². The minimum absolute atomic E-state index is 0.0993. The minimum Gasteiger partial charge on any atom is -0.497 e. The summed E-state index contributed by atoms with van der Waals surface area (Å²) in [5, 5.41) is 3.25. The SMILES string of the molecule is CCCOCCOC(=O)C1=C(C)NC2=C(C(=O)[C@@H](C(=O)OC)[C@H](C)C2)[C@H]1c1cccc(OC)c1. The third-order valence-corrected chi connectivity index (χ3v) is 6.20. The molecular weight excluding hydrogens is 438 g/mol. The van der Waals surface area contributed by atoms with Crippen LogP contribution in [0.3, 0.4) is 0 Å². The summed E-state index contributed by atoms with van der Waals surface area (Å²) in [6.07, 6.45) is 1.35. The lowest BCUT2D eigenvalue weighted by atomic mass is 9.69. The van der Waals surface area contributed by atoms with Gasteiger partial charge in [-0.15, -0.1) is 0 Å². The molecule has 1 aliphatic heterocycles. The number of methoxy groups -OCH3 is 2. The molecule has 0 saturated carbocycles. The maximum atomic E-state index is 13.7. The topological polar surface area (TPSA) is 100 Å². The Balaban J connectivity index is 2.04. The zero-order valence-electron chi connectivity index (χ0n) is 20.4. The number of benzene rings is 1. The van der Waals surface area contributed by atoms with Gasteiger partial charge < -0.3 is 24.3 Å². The Bertz CT molecular complexity index is 1010. The molecule has 1 aromatic rings. The molecule has 0 unspecified atom stereocenters. The largest absolute Gasteiger partial charge is 0.497 e. The average molecular weight is 472 g/mol. The second kappa shape index (κ2) is 11.3. The Morgan fingerprint density at radius 2 is 1.91 bits per heavy atom. The van der Waals surface area contributed by atoms with Crippen LogP contribution in [0.15, 0.2) is 46.8 Å². The molecule has 0 fully saturated rings. The third-order valence-electron chi connectivity index (χ3n) is 6.20. The molecule has 0 bridgehead atoms. The second-order valence-corrected chi connectivity index (χ2v) is 8.56. The number of carbonyl (C=O) groups excluding carboxylic acids is 3. The monoisotopic (exact) mass is 471 g/mol. The molecule has 1 N–H and O–H groups in total. The van der Waals surface area contributed by atoms with E-state index in [1.165, 1.54) is 7.11 Å². The summed E-state index contributed by atoms with van der Waals surface area (Å²) in [4.78, 5) is 39.4. The Kier molecular flexibility index (Phi) is 8.50. The number of nitrogens with one attached hydrogen (secondary N) is 1. The van der Waals surface area contributed by atoms with Gasteiger partial charge in [0, 0.05) is 29.5 Å². The molecule has 0 radical (unpaired) electrons. The predicted octanol–water partition coefficient (Wildman–Crippen LogP) is 3.28. The van der Waals surface area contributed by atoms with Crippen molar-refractivity contribution in [3.8, 4) is 5.75 Å². The van der Waals surface area contributed by atoms with Crippen LogP contribution in [0.2, 0.25) is 0 Å². The highest BCUT2D eigenvalue weighted by Crippen LogP contribution is 2.45. The highest BCUT2D eigenvalue weighted by molar-refractivity contribution is 6.12. The molecule has 184 valence electrons. The number of ketones is 1. The molecule has 0 saturated heterocycles. The van der Waals surface area contributed by atoms with E-state index in [0.717, 1.165) is 6.42 Å². The van der Waals surface area contributed by atoms with Crippen molar-refractivity contribution in [1.29, 1.82) is 0 Å². The minimum atomic E-state index is -0.934. The lowest BCUT2D eigenvalue weighted by Gasteiger charge is -2.38. The normalized spacial score (nSPS) is 22.1. The number of esters is 2. The number of Topliss-reactive ketones (excluding diaryl/α,β-unsaturated/α-hetero) is 1. The highest BCUT2D eigenvalue weighted by atomic mass is 16.6. The van der Waals surface area contributed by atoms with Crippen molar-refractivity contribution in [1.82, 2.24) is 5.32 Å². The van der Waals surface area contributed by atoms with Crippen LogP contribution in [0.5, 0.6) is 5.75 Å². The number of carbonyl (C=O) groups is 3. The van der Waals surface area contributed by atoms with E-state index in [0.29, 0.717) is 46.9 Å². The summed E-state index contributed by atoms with van der Waals surface area (Å²) < 4.78 is 21.3. The van der Waals surface area contributed by atoms with E-state index in [2.05, 4.69) is 5.32 Å². The van der Waals surface area contributed by atoms with E-state index in [9.17, 15) is 14.4 Å². The van der Waals surface area contributed by atoms with Crippen molar-refractivity contribution in [2.75, 3.05) is 34.0 Å². The standard InChI is InChI=1S/C26H33NO7/c1-6-10-33-11-12-34-26(30)21-16(3)27-19-13-15(2)20(25(29)32-5)24(28)23(19)22(21)17-8-7-9-18(14-17)31-4/h7-9,14-15,20,22,27H,6,10-13H2,1-5H3/t15-,20+,22+/m1/s1. The molecular formula is C26H33NO7. The van der Waals surface area contributed by atoms with E-state index in [4.69, 9.17) is 18.9 Å². The summed E-state index contributed by atoms with van der Waals surface area (Å²) in [5.41, 5.74) is 2.75. The molecule has 1 heterocycles. The van der Waals surface area contributed by atoms with Crippen LogP contribution in [-0.2, 0) is 28.6 Å². The Morgan fingerprint density at radius 1 is 1.15 bits per heavy atom. The Labute approximate surface area is 200 Å². The molecule has 1 aromatic carbocycles. The predicted molar refractivity (Wildman–Crippen MR) is 125 cm³/mol. The van der Waals surface area contributed by atoms with Gasteiger partial charge in [-0.05, 0) is 43.4 Å². The number of hydrogen-bond acceptors (Lipinski definition) is 8. The number of ether oxygens (including phenoxy) is 4. The summed E-state index contributed by atoms with van der Waals surface area (Å²) in [6, 6.07) is 7.24. The molecule has 0 amide bonds. The molecule has 8 heteroatoms. The van der Waals surface area contributed by atoms with Crippen molar-refractivity contribution >= 4 is 17.7 Å². The van der Waals surface area contributed by atoms with Gasteiger partial charge in [0.15, 0.2) is 5.78 Å². The van der Waals surface area contributed by atoms with Gasteiger partial charge in [0.2, 0.25) is 0 Å². The molecule has 0 spiro atoms. The lowest BCUT2D eigenvalue weighted by molar-refractivity contribution is -0.151. The maximum absolute atomic E-state index is 13.7. The van der Waals surface area contributed by atoms with Gasteiger partial charge in [-0.2, -0.15) is 0 Å². The van der Waals surface area contributed by atoms with Gasteiger partial charge in [0.05, 0.1) is 26.4 Å². The molecule has 2 aliphatic rings. The molecule has 3 atom stereocenters. The van der Waals surface area contributed by atoms with E-state index in [1.54, 1.807) is 32.2 Å². The number of rotatable bonds is 9. The van der Waals surface area contributed by atoms with Crippen LogP contribution < -0.4 is 10.1 Å². The Hall–Kier alpha value is -3.13. The summed E-state index contributed by atoms with van der Waals surface area (Å²) in [7, 11) is 2.83. The first kappa shape index (κ1) is 25.5. The van der Waals surface area contributed by atoms with Crippen LogP contribution in [0, 0.1) is 11.8 Å². The molecule has 3 rings (SSSR count). The number of hydrogen-bond donors (Lipinski definition) is 1. The van der Waals surface area contributed by atoms with Crippen molar-refractivity contribution in [2.24, 2.45) is 11.8 Å². The second-order valence-electron chi connectivity index (χ2n) is 8.56. The number of dihydropyridines is 1. The van der Waals surface area contributed by atoms with Crippen molar-refractivity contribution in [3.63, 3.8) is 0 Å². The van der Waals surface area contributed by atoms with Gasteiger partial charge in [-0.25, -0.2) is 4.79 Å². The van der Waals surface area contributed by atoms with Crippen LogP contribution in [0.1, 0.15) is 45.1 Å². The van der Waals surface area contributed by atoms with Gasteiger partial charge in [-0.3, -0.25) is 9.59 Å². The van der Waals surface area contributed by atoms with Crippen LogP contribution >= 0.6 is 0 Å². The number of allylic oxidation sites excluding steroid dienone is 3. The smallest absolute Gasteiger partial charge is 0.336 e. The van der Waals surface area contributed by atoms with Gasteiger partial charge in [0.1, 0.15) is 18.3 Å². The fraction of sp³-hybridized carbons (Fsp3) is 0.500. The molecule has 34 heavy (non-hydrogen) atoms. The first-order valence-corrected chi connectivity index (χ1v) is 11.6. The Morgan fingerprint density at radius 3 is 2.59 bits per heavy atom. The summed E-state index contributed by atoms with van der Waals surface area (Å²) in [6.45, 7) is 6.63. The zero-order chi connectivity index (χ0) is 24.8. The fourth-order valence-corrected chi connectivity index (χ4v) is 4.62. The van der Waals surface area contributed by atoms with Crippen molar-refractivity contribution in [3.05, 3.63) is 52.4 Å². The van der Waals surface area contributed by atoms with Crippen LogP contribution in [0.25, 0.3) is 0 Å². The first-order chi connectivity index (χ1) is 16.3. The van der Waals surface area contributed by atoms with E-state index in [1.807, 2.05) is 19.9 Å². The lowest BCUT2D eigenvalue weighted by Crippen LogP contribution is -2.43. The van der Waals surface area contributed by atoms with Crippen molar-refractivity contribution < 1.29 is 33.3 Å². The van der Waals surface area contributed by atoms with E-state index >= 15 is 0 Å². The van der Waals surface area contributed by atoms with Crippen LogP contribution in [0.4, 0.5) is 0 Å². The van der Waals surface area contributed by atoms with E-state index in [-0.39, 0.29) is 24.9 Å².